The maximum absolute atomic E-state index is 12.3. The fourth-order valence-corrected chi connectivity index (χ4v) is 6.26. The van der Waals surface area contributed by atoms with E-state index in [4.69, 9.17) is 22.4 Å². The van der Waals surface area contributed by atoms with E-state index < -0.39 is 71.6 Å². The van der Waals surface area contributed by atoms with Gasteiger partial charge >= 0.3 is 18.2 Å². The quantitative estimate of drug-likeness (QED) is 0.0974. The number of carbonyl (C=O) groups is 4. The number of amides is 3. The Hall–Kier alpha value is -1.33. The van der Waals surface area contributed by atoms with Crippen molar-refractivity contribution in [3.8, 4) is 0 Å². The zero-order valence-electron chi connectivity index (χ0n) is 30.7. The van der Waals surface area contributed by atoms with E-state index in [0.29, 0.717) is 30.6 Å². The number of halogens is 1. The third-order valence-electron chi connectivity index (χ3n) is 7.02. The Morgan fingerprint density at radius 3 is 1.47 bits per heavy atom. The Morgan fingerprint density at radius 2 is 1.22 bits per heavy atom. The molecule has 0 aromatic carbocycles. The van der Waals surface area contributed by atoms with Gasteiger partial charge in [-0.2, -0.15) is 0 Å². The number of alkyl halides is 1. The van der Waals surface area contributed by atoms with Crippen molar-refractivity contribution >= 4 is 75.1 Å². The summed E-state index contributed by atoms with van der Waals surface area (Å²) in [4.78, 5) is 47.2. The summed E-state index contributed by atoms with van der Waals surface area (Å²) in [5.41, 5.74) is -3.85. The fraction of sp³-hybridized carbons (Fsp3) is 0.724. The minimum Gasteiger partial charge on any atom is -0.479 e. The normalized spacial score (nSPS) is 25.3. The van der Waals surface area contributed by atoms with Crippen LogP contribution in [0.3, 0.4) is 0 Å². The molecule has 4 aliphatic rings. The Labute approximate surface area is 332 Å². The van der Waals surface area contributed by atoms with Gasteiger partial charge in [0.25, 0.3) is 5.91 Å². The number of primary sulfonamides is 1. The molecule has 0 saturated heterocycles. The third-order valence-corrected chi connectivity index (χ3v) is 10.2. The number of rotatable bonds is 9. The molecule has 3 amide bonds. The van der Waals surface area contributed by atoms with E-state index in [2.05, 4.69) is 36.9 Å². The molecule has 4 rings (SSSR count). The van der Waals surface area contributed by atoms with Gasteiger partial charge in [0.15, 0.2) is 0 Å². The summed E-state index contributed by atoms with van der Waals surface area (Å²) in [6.07, 6.45) is 4.91. The molecule has 0 spiro atoms. The van der Waals surface area contributed by atoms with Gasteiger partial charge in [-0.25, -0.2) is 36.4 Å². The molecule has 0 bridgehead atoms. The third kappa shape index (κ3) is 16.3. The van der Waals surface area contributed by atoms with Gasteiger partial charge in [-0.15, -0.1) is 13.2 Å². The molecule has 4 saturated carbocycles. The maximum Gasteiger partial charge on any atom is 0.408 e. The molecule has 49 heavy (non-hydrogen) atoms. The first-order valence-electron chi connectivity index (χ1n) is 16.0. The van der Waals surface area contributed by atoms with E-state index in [0.717, 1.165) is 12.8 Å². The van der Waals surface area contributed by atoms with E-state index in [1.54, 1.807) is 41.5 Å². The van der Waals surface area contributed by atoms with Crippen molar-refractivity contribution in [3.63, 3.8) is 0 Å². The Balaban J connectivity index is 0. The van der Waals surface area contributed by atoms with Crippen molar-refractivity contribution in [3.05, 3.63) is 25.3 Å². The van der Waals surface area contributed by atoms with E-state index >= 15 is 0 Å². The van der Waals surface area contributed by atoms with Crippen molar-refractivity contribution in [2.75, 3.05) is 4.91 Å². The number of nitrogens with one attached hydrogen (secondary N) is 3. The summed E-state index contributed by atoms with van der Waals surface area (Å²) in [6, 6.07) is 0. The van der Waals surface area contributed by atoms with Crippen LogP contribution in [0.4, 0.5) is 9.59 Å². The van der Waals surface area contributed by atoms with E-state index in [1.807, 2.05) is 22.6 Å². The van der Waals surface area contributed by atoms with Gasteiger partial charge in [-0.3, -0.25) is 9.52 Å². The van der Waals surface area contributed by atoms with E-state index in [9.17, 15) is 36.0 Å². The first kappa shape index (κ1) is 45.7. The first-order valence-corrected chi connectivity index (χ1v) is 19.4. The second-order valence-corrected chi connectivity index (χ2v) is 17.4. The van der Waals surface area contributed by atoms with E-state index in [1.165, 1.54) is 12.2 Å². The van der Waals surface area contributed by atoms with Crippen LogP contribution in [0.1, 0.15) is 81.4 Å². The van der Waals surface area contributed by atoms with Crippen LogP contribution in [0.25, 0.3) is 0 Å². The average Bonchev–Trinajstić information content (AvgIpc) is 3.76. The monoisotopic (exact) mass is 1070 g/mol. The Morgan fingerprint density at radius 1 is 0.878 bits per heavy atom. The van der Waals surface area contributed by atoms with Gasteiger partial charge in [0.05, 0.1) is 10.5 Å². The average molecular weight is 1070 g/mol. The van der Waals surface area contributed by atoms with Crippen LogP contribution in [0.2, 0.25) is 0 Å². The number of carboxylic acids is 1. The van der Waals surface area contributed by atoms with Crippen LogP contribution in [0.5, 0.6) is 0 Å². The number of nitrogens with two attached hydrogens (primary N) is 1. The van der Waals surface area contributed by atoms with E-state index in [-0.39, 0.29) is 48.2 Å². The predicted octanol–water partition coefficient (Wildman–Crippen LogP) is 2.44. The summed E-state index contributed by atoms with van der Waals surface area (Å²) in [7, 11) is -3.04. The van der Waals surface area contributed by atoms with Crippen LogP contribution in [-0.2, 0) is 39.1 Å². The van der Waals surface area contributed by atoms with Crippen LogP contribution < -0.4 is 20.5 Å². The smallest absolute Gasteiger partial charge is 0.408 e. The number of ether oxygens (including phenoxy) is 2. The zero-order valence-corrected chi connectivity index (χ0v) is 36.7. The van der Waals surface area contributed by atoms with Crippen LogP contribution in [0.15, 0.2) is 25.3 Å². The number of carbonyl (C=O) groups excluding carboxylic acids is 3. The number of aliphatic carboxylic acids is 1. The Bertz CT molecular complexity index is 1460. The van der Waals surface area contributed by atoms with Crippen molar-refractivity contribution < 1.29 is 83.1 Å². The molecule has 0 aromatic rings. The minimum atomic E-state index is -3.66. The summed E-state index contributed by atoms with van der Waals surface area (Å²) >= 11 is 1.96. The van der Waals surface area contributed by atoms with Gasteiger partial charge in [-0.1, -0.05) is 34.7 Å². The van der Waals surface area contributed by atoms with Crippen molar-refractivity contribution in [1.29, 1.82) is 1.34 Å². The zero-order chi connectivity index (χ0) is 39.5. The molecule has 20 heteroatoms. The molecule has 0 aliphatic heterocycles. The molecule has 15 nitrogen and oxygen atoms in total. The van der Waals surface area contributed by atoms with Gasteiger partial charge in [-0.05, 0) is 86.3 Å². The summed E-state index contributed by atoms with van der Waals surface area (Å²) < 4.78 is 67.8. The second-order valence-electron chi connectivity index (χ2n) is 13.6. The number of sulfonamides is 2. The standard InChI is InChI=1S/C14H22N2O5S.C11H17NO4.C3H7NO2S.CH3I.BH.U/c1-5-9-8-14(9,15-12(18)21-13(2,3)4)11(17)16-22(19,20)10-6-7-10;1-5-7-6-11(7,8(13)14)12-9(15)16-10(2,3)4;4-7(5,6)3-1-2-3;1-2;;/h5,9-10H,1,6-8H2,2-4H3,(H,15,18)(H,16,17);5,7H,1,6H2,2-4H3,(H,12,15)(H,13,14);3H,1-2H2,(H2,4,5,6);1H3;1H;/i;;;2*1D;. The van der Waals surface area contributed by atoms with Gasteiger partial charge < -0.3 is 25.2 Å². The molecular weight excluding hydrogens is 1020 g/mol. The topological polar surface area (TPSA) is 237 Å². The molecule has 4 atom stereocenters. The summed E-state index contributed by atoms with van der Waals surface area (Å²) in [5.74, 6) is -2.31. The predicted molar refractivity (Wildman–Crippen MR) is 192 cm³/mol. The van der Waals surface area contributed by atoms with Crippen molar-refractivity contribution in [2.24, 2.45) is 17.0 Å². The number of hydrogen-bond acceptors (Lipinski definition) is 10. The minimum absolute atomic E-state index is 0. The molecule has 278 valence electrons. The molecule has 0 heterocycles. The number of alkyl carbamates (subject to hydrolysis) is 2. The van der Waals surface area contributed by atoms with Gasteiger partial charge in [0.2, 0.25) is 20.0 Å². The number of hydrogen-bond donors (Lipinski definition) is 5. The Kier molecular flexibility index (Phi) is 17.7. The molecular formula is C29H50BIN4O11S2U. The molecule has 0 aromatic heterocycles. The summed E-state index contributed by atoms with van der Waals surface area (Å²) in [5, 5.41) is 17.9. The van der Waals surface area contributed by atoms with Crippen molar-refractivity contribution in [2.45, 2.75) is 113 Å². The summed E-state index contributed by atoms with van der Waals surface area (Å²) in [6.45, 7) is 17.4. The SMILES string of the molecule is C=CC1CC1(NC(=O)OC(C)(C)C)C(=O)NS(=O)(=O)C1CC1.C=CC1CC1(NC(=O)OC(C)(C)C)C(=O)O.NS(=O)(=O)C1CC1.[2H]CI.[2H][B].[U]. The molecule has 4 aliphatic carbocycles. The largest absolute Gasteiger partial charge is 0.479 e. The van der Waals surface area contributed by atoms with Crippen LogP contribution >= 0.6 is 22.6 Å². The first-order chi connectivity index (χ1) is 22.7. The second kappa shape index (κ2) is 18.9. The van der Waals surface area contributed by atoms with Gasteiger partial charge in [0, 0.05) is 52.7 Å². The number of carboxylic acid groups (broad SMARTS) is 1. The van der Waals surface area contributed by atoms with Crippen LogP contribution in [-0.4, -0.2) is 93.4 Å². The molecule has 6 N–H and O–H groups in total. The molecule has 4 fully saturated rings. The molecule has 2 radical (unpaired) electrons. The van der Waals surface area contributed by atoms with Crippen molar-refractivity contribution in [1.82, 2.24) is 15.4 Å². The van der Waals surface area contributed by atoms with Crippen LogP contribution in [0, 0.1) is 42.9 Å². The van der Waals surface area contributed by atoms with Gasteiger partial charge in [0.1, 0.15) is 22.3 Å². The maximum atomic E-state index is 12.3. The fourth-order valence-electron chi connectivity index (χ4n) is 4.10. The molecule has 4 unspecified atom stereocenters.